The molecule has 2 atom stereocenters. The molecule has 0 spiro atoms. The van der Waals surface area contributed by atoms with E-state index < -0.39 is 11.0 Å². The zero-order valence-corrected chi connectivity index (χ0v) is 12.6. The van der Waals surface area contributed by atoms with Crippen molar-refractivity contribution in [1.29, 1.82) is 5.26 Å². The van der Waals surface area contributed by atoms with Crippen molar-refractivity contribution < 1.29 is 10.0 Å². The summed E-state index contributed by atoms with van der Waals surface area (Å²) in [6.45, 7) is 1.79. The molecule has 0 bridgehead atoms. The molecule has 2 rings (SSSR count). The number of thiophene rings is 1. The van der Waals surface area contributed by atoms with Gasteiger partial charge < -0.3 is 10.4 Å². The first-order chi connectivity index (χ1) is 10.5. The van der Waals surface area contributed by atoms with Gasteiger partial charge in [0.15, 0.2) is 0 Å². The Balaban J connectivity index is 2.13. The molecule has 22 heavy (non-hydrogen) atoms. The van der Waals surface area contributed by atoms with E-state index in [4.69, 9.17) is 5.26 Å². The van der Waals surface area contributed by atoms with Crippen LogP contribution in [0.1, 0.15) is 29.9 Å². The number of hydrogen-bond donors (Lipinski definition) is 2. The lowest BCUT2D eigenvalue weighted by atomic mass is 10.1. The summed E-state index contributed by atoms with van der Waals surface area (Å²) in [5, 5.41) is 34.9. The van der Waals surface area contributed by atoms with Gasteiger partial charge in [0.2, 0.25) is 5.82 Å². The molecule has 114 valence electrons. The molecule has 0 saturated heterocycles. The highest BCUT2D eigenvalue weighted by Crippen LogP contribution is 2.28. The second-order valence-corrected chi connectivity index (χ2v) is 5.72. The van der Waals surface area contributed by atoms with Crippen LogP contribution >= 0.6 is 11.3 Å². The maximum atomic E-state index is 11.1. The highest BCUT2D eigenvalue weighted by molar-refractivity contribution is 7.10. The topological polar surface area (TPSA) is 112 Å². The zero-order chi connectivity index (χ0) is 16.1. The standard InChI is InChI=1S/C14H14N4O3S/c1-9(7-11(19)12-3-2-6-22-12)17-14-13(18(20)21)10(8-15)4-5-16-14/h2-6,9,11,19H,7H2,1H3,(H,16,17)/t9-,11+/m1/s1. The van der Waals surface area contributed by atoms with Crippen LogP contribution in [0.15, 0.2) is 29.8 Å². The van der Waals surface area contributed by atoms with E-state index in [0.29, 0.717) is 6.42 Å². The maximum absolute atomic E-state index is 11.1. The van der Waals surface area contributed by atoms with E-state index in [2.05, 4.69) is 10.3 Å². The number of rotatable bonds is 6. The Morgan fingerprint density at radius 2 is 2.36 bits per heavy atom. The van der Waals surface area contributed by atoms with Gasteiger partial charge in [-0.3, -0.25) is 10.1 Å². The van der Waals surface area contributed by atoms with Crippen LogP contribution in [-0.4, -0.2) is 21.1 Å². The second kappa shape index (κ2) is 6.98. The number of aliphatic hydroxyl groups excluding tert-OH is 1. The summed E-state index contributed by atoms with van der Waals surface area (Å²) in [4.78, 5) is 15.3. The highest BCUT2D eigenvalue weighted by Gasteiger charge is 2.23. The first kappa shape index (κ1) is 15.9. The molecule has 0 saturated carbocycles. The summed E-state index contributed by atoms with van der Waals surface area (Å²) in [6, 6.07) is 6.52. The van der Waals surface area contributed by atoms with E-state index in [9.17, 15) is 15.2 Å². The Morgan fingerprint density at radius 1 is 1.59 bits per heavy atom. The van der Waals surface area contributed by atoms with Gasteiger partial charge in [0, 0.05) is 17.1 Å². The van der Waals surface area contributed by atoms with Crippen LogP contribution in [0.2, 0.25) is 0 Å². The third-order valence-corrected chi connectivity index (χ3v) is 4.03. The first-order valence-corrected chi connectivity index (χ1v) is 7.42. The number of anilines is 1. The monoisotopic (exact) mass is 318 g/mol. The number of nitro groups is 1. The Labute approximate surface area is 131 Å². The fraction of sp³-hybridized carbons (Fsp3) is 0.286. The van der Waals surface area contributed by atoms with Gasteiger partial charge in [0.25, 0.3) is 0 Å². The van der Waals surface area contributed by atoms with Crippen molar-refractivity contribution in [3.05, 3.63) is 50.3 Å². The quantitative estimate of drug-likeness (QED) is 0.625. The molecule has 8 heteroatoms. The number of nitriles is 1. The van der Waals surface area contributed by atoms with Crippen molar-refractivity contribution in [2.24, 2.45) is 0 Å². The first-order valence-electron chi connectivity index (χ1n) is 6.54. The predicted molar refractivity (Wildman–Crippen MR) is 82.6 cm³/mol. The number of aliphatic hydroxyl groups is 1. The molecule has 0 amide bonds. The normalized spacial score (nSPS) is 13.1. The van der Waals surface area contributed by atoms with Crippen molar-refractivity contribution in [3.63, 3.8) is 0 Å². The molecule has 0 aliphatic rings. The van der Waals surface area contributed by atoms with Gasteiger partial charge in [-0.1, -0.05) is 6.07 Å². The maximum Gasteiger partial charge on any atom is 0.328 e. The van der Waals surface area contributed by atoms with Gasteiger partial charge >= 0.3 is 5.69 Å². The summed E-state index contributed by atoms with van der Waals surface area (Å²) in [5.74, 6) is 0.0370. The van der Waals surface area contributed by atoms with Crippen LogP contribution in [0.3, 0.4) is 0 Å². The SMILES string of the molecule is C[C@H](C[C@H](O)c1cccs1)Nc1nccc(C#N)c1[N+](=O)[O-]. The van der Waals surface area contributed by atoms with Crippen LogP contribution in [0.25, 0.3) is 0 Å². The lowest BCUT2D eigenvalue weighted by Crippen LogP contribution is -2.20. The van der Waals surface area contributed by atoms with E-state index in [-0.39, 0.29) is 23.1 Å². The zero-order valence-electron chi connectivity index (χ0n) is 11.8. The number of nitrogens with one attached hydrogen (secondary N) is 1. The molecule has 0 aromatic carbocycles. The van der Waals surface area contributed by atoms with E-state index in [0.717, 1.165) is 4.88 Å². The van der Waals surface area contributed by atoms with Gasteiger partial charge in [-0.2, -0.15) is 5.26 Å². The molecule has 2 aromatic rings. The molecule has 0 fully saturated rings. The Morgan fingerprint density at radius 3 is 2.95 bits per heavy atom. The van der Waals surface area contributed by atoms with Crippen molar-refractivity contribution >= 4 is 22.8 Å². The second-order valence-electron chi connectivity index (χ2n) is 4.74. The lowest BCUT2D eigenvalue weighted by Gasteiger charge is -2.17. The van der Waals surface area contributed by atoms with Crippen molar-refractivity contribution in [3.8, 4) is 6.07 Å². The van der Waals surface area contributed by atoms with Crippen molar-refractivity contribution in [1.82, 2.24) is 4.98 Å². The summed E-state index contributed by atoms with van der Waals surface area (Å²) in [7, 11) is 0. The fourth-order valence-electron chi connectivity index (χ4n) is 2.06. The van der Waals surface area contributed by atoms with Crippen LogP contribution in [0.4, 0.5) is 11.5 Å². The minimum atomic E-state index is -0.652. The van der Waals surface area contributed by atoms with Crippen molar-refractivity contribution in [2.75, 3.05) is 5.32 Å². The number of aromatic nitrogens is 1. The highest BCUT2D eigenvalue weighted by atomic mass is 32.1. The Hall–Kier alpha value is -2.50. The van der Waals surface area contributed by atoms with Crippen LogP contribution in [0.5, 0.6) is 0 Å². The predicted octanol–water partition coefficient (Wildman–Crippen LogP) is 2.85. The molecular weight excluding hydrogens is 304 g/mol. The molecule has 0 radical (unpaired) electrons. The van der Waals surface area contributed by atoms with Gasteiger partial charge in [-0.05, 0) is 30.9 Å². The molecular formula is C14H14N4O3S. The van der Waals surface area contributed by atoms with Crippen LogP contribution < -0.4 is 5.32 Å². The molecule has 2 N–H and O–H groups in total. The average Bonchev–Trinajstić information content (AvgIpc) is 3.00. The number of nitrogens with zero attached hydrogens (tertiary/aromatic N) is 3. The van der Waals surface area contributed by atoms with Gasteiger partial charge in [0.05, 0.1) is 11.0 Å². The van der Waals surface area contributed by atoms with Crippen LogP contribution in [0, 0.1) is 21.4 Å². The molecule has 7 nitrogen and oxygen atoms in total. The Kier molecular flexibility index (Phi) is 5.04. The van der Waals surface area contributed by atoms with Crippen LogP contribution in [-0.2, 0) is 0 Å². The smallest absolute Gasteiger partial charge is 0.328 e. The Bertz CT molecular complexity index is 697. The van der Waals surface area contributed by atoms with E-state index >= 15 is 0 Å². The molecule has 2 aromatic heterocycles. The molecule has 0 aliphatic heterocycles. The summed E-state index contributed by atoms with van der Waals surface area (Å²) in [5.41, 5.74) is -0.393. The molecule has 0 unspecified atom stereocenters. The molecule has 2 heterocycles. The van der Waals surface area contributed by atoms with E-state index in [1.165, 1.54) is 23.6 Å². The number of pyridine rings is 1. The van der Waals surface area contributed by atoms with E-state index in [1.807, 2.05) is 17.5 Å². The van der Waals surface area contributed by atoms with Crippen molar-refractivity contribution in [2.45, 2.75) is 25.5 Å². The van der Waals surface area contributed by atoms with Gasteiger partial charge in [0.1, 0.15) is 11.6 Å². The van der Waals surface area contributed by atoms with Gasteiger partial charge in [-0.15, -0.1) is 11.3 Å². The summed E-state index contributed by atoms with van der Waals surface area (Å²) < 4.78 is 0. The van der Waals surface area contributed by atoms with E-state index in [1.54, 1.807) is 13.0 Å². The fourth-order valence-corrected chi connectivity index (χ4v) is 2.78. The molecule has 0 aliphatic carbocycles. The number of hydrogen-bond acceptors (Lipinski definition) is 7. The summed E-state index contributed by atoms with van der Waals surface area (Å²) >= 11 is 1.45. The largest absolute Gasteiger partial charge is 0.387 e. The third kappa shape index (κ3) is 3.58. The average molecular weight is 318 g/mol. The minimum Gasteiger partial charge on any atom is -0.387 e. The van der Waals surface area contributed by atoms with Gasteiger partial charge in [-0.25, -0.2) is 4.98 Å². The minimum absolute atomic E-state index is 0.0370. The lowest BCUT2D eigenvalue weighted by molar-refractivity contribution is -0.384. The third-order valence-electron chi connectivity index (χ3n) is 3.06. The summed E-state index contributed by atoms with van der Waals surface area (Å²) in [6.07, 6.45) is 1.06.